The Balaban J connectivity index is -0.000000235. The second-order valence-corrected chi connectivity index (χ2v) is 27.7. The maximum Gasteiger partial charge on any atom is 0.144 e. The Morgan fingerprint density at radius 3 is 1.22 bits per heavy atom. The number of nitrogens with zero attached hydrogens (tertiary/aromatic N) is 2. The summed E-state index contributed by atoms with van der Waals surface area (Å²) in [5.74, 6) is 0.271. The van der Waals surface area contributed by atoms with Gasteiger partial charge in [-0.2, -0.15) is 4.40 Å². The lowest BCUT2D eigenvalue weighted by molar-refractivity contribution is -0.116. The molecular formula is C54H108N4O4S3. The topological polar surface area (TPSA) is 108 Å². The highest BCUT2D eigenvalue weighted by Gasteiger charge is 2.26. The zero-order valence-electron chi connectivity index (χ0n) is 47.4. The number of allylic oxidation sites excluding steroid dienone is 10. The number of ketones is 1. The van der Waals surface area contributed by atoms with Gasteiger partial charge in [0.05, 0.1) is 36.2 Å². The molecule has 0 radical (unpaired) electrons. The highest BCUT2D eigenvalue weighted by Crippen LogP contribution is 2.19. The molecule has 0 aliphatic carbocycles. The molecule has 386 valence electrons. The summed E-state index contributed by atoms with van der Waals surface area (Å²) in [6.07, 6.45) is 21.1. The number of carbonyl (C=O) groups excluding carboxylic acids is 1. The van der Waals surface area contributed by atoms with Gasteiger partial charge in [0.2, 0.25) is 0 Å². The fraction of sp³-hybridized carbons (Fsp3) is 0.778. The molecule has 0 fully saturated rings. The van der Waals surface area contributed by atoms with E-state index in [2.05, 4.69) is 121 Å². The number of Topliss-reactive ketones (excluding diaryl/α,β-unsaturated/α-hetero) is 1. The summed E-state index contributed by atoms with van der Waals surface area (Å²) >= 11 is 0. The molecule has 65 heavy (non-hydrogen) atoms. The zero-order chi connectivity index (χ0) is 52.3. The van der Waals surface area contributed by atoms with Crippen LogP contribution in [0.2, 0.25) is 0 Å². The molecule has 0 aliphatic rings. The molecule has 8 nitrogen and oxygen atoms in total. The highest BCUT2D eigenvalue weighted by molar-refractivity contribution is 7.85. The van der Waals surface area contributed by atoms with E-state index >= 15 is 0 Å². The van der Waals surface area contributed by atoms with Crippen LogP contribution in [0.4, 0.5) is 0 Å². The van der Waals surface area contributed by atoms with E-state index < -0.39 is 33.0 Å². The molecule has 2 N–H and O–H groups in total. The van der Waals surface area contributed by atoms with Crippen molar-refractivity contribution < 1.29 is 17.4 Å². The van der Waals surface area contributed by atoms with Gasteiger partial charge in [-0.05, 0) is 231 Å². The van der Waals surface area contributed by atoms with Crippen LogP contribution in [0.15, 0.2) is 62.6 Å². The summed E-state index contributed by atoms with van der Waals surface area (Å²) in [4.78, 5) is 10.4. The van der Waals surface area contributed by atoms with Crippen LogP contribution in [0, 0.1) is 0 Å². The minimum Gasteiger partial charge on any atom is -0.317 e. The molecule has 0 aromatic carbocycles. The Morgan fingerprint density at radius 2 is 0.892 bits per heavy atom. The van der Waals surface area contributed by atoms with Gasteiger partial charge in [0, 0.05) is 37.3 Å². The first-order chi connectivity index (χ1) is 29.4. The van der Waals surface area contributed by atoms with Crippen molar-refractivity contribution in [2.24, 2.45) is 4.40 Å². The number of hydrogen-bond acceptors (Lipinski definition) is 5. The average molecular weight is 974 g/mol. The van der Waals surface area contributed by atoms with Crippen molar-refractivity contribution in [1.82, 2.24) is 14.3 Å². The van der Waals surface area contributed by atoms with Crippen molar-refractivity contribution >= 4 is 44.5 Å². The Labute approximate surface area is 413 Å². The lowest BCUT2D eigenvalue weighted by Gasteiger charge is -2.30. The second-order valence-electron chi connectivity index (χ2n) is 21.5. The quantitative estimate of drug-likeness (QED) is 0.0880. The molecule has 0 aliphatic heterocycles. The standard InChI is InChI=1S/C13H27NOS.C12H25NOS.C12H23NOS.C9H19N.C8H14O/c1-11(2)9-8-10-12(3)14(7)16(15)13(4,5)6;2*1-10(2)8-7-9-11(3)13-15(14)12(4,5)6;1-8(2)6-5-7-9(3)10-4;1-7(2)5-4-6-8(3)9/h9,12H,8,10H2,1-7H3;8,11,13H,7,9H2,1-6H3;8H,7,9H2,1-6H3;6,9-10H,5,7H2,1-4H3;5H,4,6H2,1-3H3/t12?,16-;11?,15-;15-;;/m111../s1. The van der Waals surface area contributed by atoms with E-state index in [-0.39, 0.29) is 20.0 Å². The minimum atomic E-state index is -1.11. The van der Waals surface area contributed by atoms with Gasteiger partial charge in [-0.15, -0.1) is 0 Å². The third-order valence-corrected chi connectivity index (χ3v) is 14.3. The largest absolute Gasteiger partial charge is 0.317 e. The van der Waals surface area contributed by atoms with E-state index in [1.165, 1.54) is 40.7 Å². The first-order valence-electron chi connectivity index (χ1n) is 24.0. The molecule has 0 saturated carbocycles. The predicted octanol–water partition coefficient (Wildman–Crippen LogP) is 15.0. The van der Waals surface area contributed by atoms with Gasteiger partial charge in [0.25, 0.3) is 0 Å². The molecular weight excluding hydrogens is 865 g/mol. The van der Waals surface area contributed by atoms with E-state index in [0.717, 1.165) is 50.7 Å². The molecule has 0 amide bonds. The van der Waals surface area contributed by atoms with Crippen LogP contribution < -0.4 is 10.0 Å². The lowest BCUT2D eigenvalue weighted by atomic mass is 10.1. The molecule has 0 heterocycles. The van der Waals surface area contributed by atoms with Crippen molar-refractivity contribution in [3.8, 4) is 0 Å². The fourth-order valence-electron chi connectivity index (χ4n) is 4.66. The smallest absolute Gasteiger partial charge is 0.144 e. The number of nitrogens with one attached hydrogen (secondary N) is 2. The molecule has 0 saturated heterocycles. The summed E-state index contributed by atoms with van der Waals surface area (Å²) in [5.41, 5.74) is 7.70. The van der Waals surface area contributed by atoms with Crippen molar-refractivity contribution in [1.29, 1.82) is 0 Å². The normalized spacial score (nSPS) is 14.2. The van der Waals surface area contributed by atoms with Gasteiger partial charge in [-0.3, -0.25) is 0 Å². The van der Waals surface area contributed by atoms with Crippen LogP contribution >= 0.6 is 0 Å². The third kappa shape index (κ3) is 54.9. The van der Waals surface area contributed by atoms with Gasteiger partial charge < -0.3 is 10.1 Å². The monoisotopic (exact) mass is 973 g/mol. The Bertz CT molecular complexity index is 1520. The third-order valence-electron chi connectivity index (χ3n) is 9.08. The Kier molecular flexibility index (Phi) is 44.8. The molecule has 3 unspecified atom stereocenters. The van der Waals surface area contributed by atoms with Gasteiger partial charge >= 0.3 is 0 Å². The number of rotatable bonds is 21. The van der Waals surface area contributed by atoms with Gasteiger partial charge in [0.1, 0.15) is 16.8 Å². The maximum absolute atomic E-state index is 12.1. The van der Waals surface area contributed by atoms with Crippen molar-refractivity contribution in [3.05, 3.63) is 58.2 Å². The van der Waals surface area contributed by atoms with E-state index in [1.807, 2.05) is 101 Å². The van der Waals surface area contributed by atoms with Crippen molar-refractivity contribution in [3.63, 3.8) is 0 Å². The van der Waals surface area contributed by atoms with Crippen LogP contribution in [-0.2, 0) is 37.8 Å². The van der Waals surface area contributed by atoms with Crippen molar-refractivity contribution in [2.45, 2.75) is 263 Å². The van der Waals surface area contributed by atoms with E-state index in [9.17, 15) is 17.4 Å². The summed E-state index contributed by atoms with van der Waals surface area (Å²) in [6.45, 7) is 48.8. The fourth-order valence-corrected chi connectivity index (χ4v) is 7.44. The van der Waals surface area contributed by atoms with Crippen molar-refractivity contribution in [2.75, 3.05) is 14.1 Å². The molecule has 0 aromatic heterocycles. The van der Waals surface area contributed by atoms with E-state index in [1.54, 1.807) is 6.92 Å². The van der Waals surface area contributed by atoms with E-state index in [0.29, 0.717) is 24.5 Å². The molecule has 6 atom stereocenters. The summed E-state index contributed by atoms with van der Waals surface area (Å²) in [5, 5.41) is 3.21. The molecule has 0 spiro atoms. The minimum absolute atomic E-state index is 0.167. The second kappa shape index (κ2) is 40.3. The first kappa shape index (κ1) is 72.4. The zero-order valence-corrected chi connectivity index (χ0v) is 49.9. The SMILES string of the molecule is CC(=O)CCC=C(C)C.CC(C)=CCCC(C)=N[S@](=O)C(C)(C)C.CC(C)=CCCC(C)N(C)[S@](=O)C(C)(C)C.CC(C)=CCCC(C)N[S@](=O)C(C)(C)C.CNC(C)CCC=C(C)C. The Morgan fingerprint density at radius 1 is 0.538 bits per heavy atom. The summed E-state index contributed by atoms with van der Waals surface area (Å²) < 4.78 is 44.3. The van der Waals surface area contributed by atoms with Gasteiger partial charge in [-0.25, -0.2) is 21.7 Å². The summed E-state index contributed by atoms with van der Waals surface area (Å²) in [6, 6.07) is 1.31. The van der Waals surface area contributed by atoms with Crippen LogP contribution in [0.25, 0.3) is 0 Å². The number of hydrogen-bond donors (Lipinski definition) is 2. The van der Waals surface area contributed by atoms with Gasteiger partial charge in [-0.1, -0.05) is 58.2 Å². The predicted molar refractivity (Wildman–Crippen MR) is 299 cm³/mol. The average Bonchev–Trinajstić information content (AvgIpc) is 3.13. The van der Waals surface area contributed by atoms with Crippen LogP contribution in [0.3, 0.4) is 0 Å². The molecule has 0 rings (SSSR count). The first-order valence-corrected chi connectivity index (χ1v) is 27.4. The number of carbonyl (C=O) groups is 1. The van der Waals surface area contributed by atoms with Crippen LogP contribution in [0.5, 0.6) is 0 Å². The molecule has 0 bridgehead atoms. The van der Waals surface area contributed by atoms with Crippen LogP contribution in [-0.4, -0.2) is 74.9 Å². The molecule has 0 aromatic rings. The Hall–Kier alpha value is -1.63. The van der Waals surface area contributed by atoms with Crippen LogP contribution in [0.1, 0.15) is 230 Å². The molecule has 11 heteroatoms. The van der Waals surface area contributed by atoms with Gasteiger partial charge in [0.15, 0.2) is 0 Å². The lowest BCUT2D eigenvalue weighted by Crippen LogP contribution is -2.40. The summed E-state index contributed by atoms with van der Waals surface area (Å²) in [7, 11) is 0.980. The highest BCUT2D eigenvalue weighted by atomic mass is 32.2. The van der Waals surface area contributed by atoms with E-state index in [4.69, 9.17) is 0 Å². The maximum atomic E-state index is 12.1.